The lowest BCUT2D eigenvalue weighted by molar-refractivity contribution is -0.149. The molecule has 6 heteroatoms. The molecule has 1 aromatic heterocycles. The van der Waals surface area contributed by atoms with Gasteiger partial charge in [-0.2, -0.15) is 5.10 Å². The molecule has 1 aliphatic carbocycles. The van der Waals surface area contributed by atoms with Crippen LogP contribution in [0.5, 0.6) is 0 Å². The number of likely N-dealkylation sites (tertiary alicyclic amines) is 1. The number of amides is 1. The lowest BCUT2D eigenvalue weighted by atomic mass is 9.81. The van der Waals surface area contributed by atoms with Gasteiger partial charge < -0.3 is 10.0 Å². The third-order valence-corrected chi connectivity index (χ3v) is 5.29. The second-order valence-electron chi connectivity index (χ2n) is 6.38. The molecule has 0 spiro atoms. The summed E-state index contributed by atoms with van der Waals surface area (Å²) in [7, 11) is 0. The first-order chi connectivity index (χ1) is 10.6. The second kappa shape index (κ2) is 4.56. The summed E-state index contributed by atoms with van der Waals surface area (Å²) in [6, 6.07) is 5.49. The third kappa shape index (κ3) is 1.70. The van der Waals surface area contributed by atoms with Crippen molar-refractivity contribution < 1.29 is 14.7 Å². The Labute approximate surface area is 127 Å². The molecule has 2 atom stereocenters. The zero-order chi connectivity index (χ0) is 15.3. The molecule has 1 saturated heterocycles. The van der Waals surface area contributed by atoms with Crippen LogP contribution in [-0.4, -0.2) is 45.2 Å². The van der Waals surface area contributed by atoms with Gasteiger partial charge in [0.25, 0.3) is 5.91 Å². The number of aliphatic carboxylic acids is 1. The van der Waals surface area contributed by atoms with Crippen molar-refractivity contribution in [2.24, 2.45) is 11.3 Å². The Morgan fingerprint density at radius 1 is 1.41 bits per heavy atom. The summed E-state index contributed by atoms with van der Waals surface area (Å²) in [5.74, 6) is -0.787. The zero-order valence-corrected chi connectivity index (χ0v) is 12.1. The number of H-pyrrole nitrogens is 1. The minimum atomic E-state index is -0.759. The number of hydrogen-bond acceptors (Lipinski definition) is 3. The fourth-order valence-corrected chi connectivity index (χ4v) is 4.11. The van der Waals surface area contributed by atoms with Gasteiger partial charge in [-0.3, -0.25) is 14.7 Å². The highest BCUT2D eigenvalue weighted by Gasteiger charge is 2.55. The van der Waals surface area contributed by atoms with Gasteiger partial charge in [-0.15, -0.1) is 0 Å². The molecule has 4 rings (SSSR count). The third-order valence-electron chi connectivity index (χ3n) is 5.29. The summed E-state index contributed by atoms with van der Waals surface area (Å²) in [6.07, 6.45) is 4.19. The van der Waals surface area contributed by atoms with Crippen molar-refractivity contribution in [3.63, 3.8) is 0 Å². The summed E-state index contributed by atoms with van der Waals surface area (Å²) in [4.78, 5) is 26.3. The normalized spacial score (nSPS) is 27.3. The number of nitrogens with zero attached hydrogens (tertiary/aromatic N) is 2. The Morgan fingerprint density at radius 3 is 3.05 bits per heavy atom. The predicted molar refractivity (Wildman–Crippen MR) is 79.4 cm³/mol. The number of aromatic nitrogens is 2. The van der Waals surface area contributed by atoms with Crippen LogP contribution in [0.3, 0.4) is 0 Å². The van der Waals surface area contributed by atoms with E-state index >= 15 is 0 Å². The highest BCUT2D eigenvalue weighted by atomic mass is 16.4. The van der Waals surface area contributed by atoms with Gasteiger partial charge in [0.1, 0.15) is 0 Å². The van der Waals surface area contributed by atoms with Gasteiger partial charge in [-0.05, 0) is 24.8 Å². The van der Waals surface area contributed by atoms with Crippen LogP contribution >= 0.6 is 0 Å². The van der Waals surface area contributed by atoms with Crippen LogP contribution in [0.4, 0.5) is 0 Å². The maximum Gasteiger partial charge on any atom is 0.311 e. The lowest BCUT2D eigenvalue weighted by Gasteiger charge is -2.23. The topological polar surface area (TPSA) is 86.3 Å². The van der Waals surface area contributed by atoms with Crippen LogP contribution in [0.25, 0.3) is 10.9 Å². The van der Waals surface area contributed by atoms with Crippen LogP contribution in [0, 0.1) is 11.3 Å². The minimum Gasteiger partial charge on any atom is -0.481 e. The number of benzene rings is 1. The van der Waals surface area contributed by atoms with Gasteiger partial charge in [-0.25, -0.2) is 0 Å². The molecule has 6 nitrogen and oxygen atoms in total. The van der Waals surface area contributed by atoms with E-state index in [1.807, 2.05) is 12.1 Å². The van der Waals surface area contributed by atoms with Crippen molar-refractivity contribution in [1.29, 1.82) is 0 Å². The maximum absolute atomic E-state index is 12.8. The van der Waals surface area contributed by atoms with Crippen LogP contribution in [-0.2, 0) is 4.79 Å². The van der Waals surface area contributed by atoms with Crippen molar-refractivity contribution in [3.8, 4) is 0 Å². The quantitative estimate of drug-likeness (QED) is 0.886. The molecule has 1 aromatic carbocycles. The Bertz CT molecular complexity index is 769. The minimum absolute atomic E-state index is 0.0786. The first-order valence-electron chi connectivity index (χ1n) is 7.56. The first kappa shape index (κ1) is 13.3. The Kier molecular flexibility index (Phi) is 2.76. The van der Waals surface area contributed by atoms with Gasteiger partial charge in [0.2, 0.25) is 0 Å². The number of carboxylic acid groups (broad SMARTS) is 1. The van der Waals surface area contributed by atoms with Crippen molar-refractivity contribution in [2.75, 3.05) is 13.1 Å². The predicted octanol–water partition coefficient (Wildman–Crippen LogP) is 1.89. The number of para-hydroxylation sites is 1. The van der Waals surface area contributed by atoms with Crippen LogP contribution < -0.4 is 0 Å². The average Bonchev–Trinajstić information content (AvgIpc) is 3.18. The molecule has 114 valence electrons. The molecular formula is C16H17N3O3. The molecule has 1 amide bonds. The van der Waals surface area contributed by atoms with Gasteiger partial charge in [0, 0.05) is 18.5 Å². The standard InChI is InChI=1S/C16H17N3O3/c20-14(12-5-1-3-10-7-17-18-13(10)12)19-8-11-4-2-6-16(11,9-19)15(21)22/h1,3,5,7,11H,2,4,6,8-9H2,(H,17,18)(H,21,22)/t11-,16+/m0/s1. The largest absolute Gasteiger partial charge is 0.481 e. The van der Waals surface area contributed by atoms with E-state index < -0.39 is 11.4 Å². The Morgan fingerprint density at radius 2 is 2.27 bits per heavy atom. The van der Waals surface area contributed by atoms with Crippen molar-refractivity contribution in [2.45, 2.75) is 19.3 Å². The summed E-state index contributed by atoms with van der Waals surface area (Å²) in [5, 5.41) is 17.4. The van der Waals surface area contributed by atoms with E-state index in [2.05, 4.69) is 10.2 Å². The van der Waals surface area contributed by atoms with Gasteiger partial charge in [-0.1, -0.05) is 18.6 Å². The molecule has 2 aromatic rings. The molecular weight excluding hydrogens is 282 g/mol. The van der Waals surface area contributed by atoms with Crippen molar-refractivity contribution in [1.82, 2.24) is 15.1 Å². The molecule has 1 saturated carbocycles. The molecule has 2 fully saturated rings. The Hall–Kier alpha value is -2.37. The van der Waals surface area contributed by atoms with E-state index in [1.165, 1.54) is 0 Å². The molecule has 0 bridgehead atoms. The number of hydrogen-bond donors (Lipinski definition) is 2. The monoisotopic (exact) mass is 299 g/mol. The van der Waals surface area contributed by atoms with Crippen molar-refractivity contribution in [3.05, 3.63) is 30.0 Å². The molecule has 1 aliphatic heterocycles. The van der Waals surface area contributed by atoms with E-state index in [-0.39, 0.29) is 11.8 Å². The Balaban J connectivity index is 1.68. The fourth-order valence-electron chi connectivity index (χ4n) is 4.11. The fraction of sp³-hybridized carbons (Fsp3) is 0.438. The number of fused-ring (bicyclic) bond motifs is 2. The van der Waals surface area contributed by atoms with Gasteiger partial charge in [0.15, 0.2) is 0 Å². The van der Waals surface area contributed by atoms with E-state index in [0.29, 0.717) is 30.6 Å². The van der Waals surface area contributed by atoms with Crippen LogP contribution in [0.15, 0.2) is 24.4 Å². The molecule has 0 unspecified atom stereocenters. The summed E-state index contributed by atoms with van der Waals surface area (Å²) < 4.78 is 0. The summed E-state index contributed by atoms with van der Waals surface area (Å²) in [5.41, 5.74) is 0.543. The number of nitrogens with one attached hydrogen (secondary N) is 1. The number of carboxylic acids is 1. The number of carbonyl (C=O) groups is 2. The summed E-state index contributed by atoms with van der Waals surface area (Å²) >= 11 is 0. The molecule has 22 heavy (non-hydrogen) atoms. The van der Waals surface area contributed by atoms with Crippen LogP contribution in [0.2, 0.25) is 0 Å². The van der Waals surface area contributed by atoms with Crippen molar-refractivity contribution >= 4 is 22.8 Å². The zero-order valence-electron chi connectivity index (χ0n) is 12.1. The van der Waals surface area contributed by atoms with E-state index in [0.717, 1.165) is 18.2 Å². The SMILES string of the molecule is O=C(c1cccc2cn[nH]c12)N1C[C@@H]2CCC[C@@]2(C(=O)O)C1. The number of rotatable bonds is 2. The average molecular weight is 299 g/mol. The van der Waals surface area contributed by atoms with E-state index in [9.17, 15) is 14.7 Å². The van der Waals surface area contributed by atoms with Gasteiger partial charge in [0.05, 0.1) is 22.7 Å². The van der Waals surface area contributed by atoms with Gasteiger partial charge >= 0.3 is 5.97 Å². The highest BCUT2D eigenvalue weighted by Crippen LogP contribution is 2.49. The first-order valence-corrected chi connectivity index (χ1v) is 7.56. The number of aromatic amines is 1. The van der Waals surface area contributed by atoms with E-state index in [4.69, 9.17) is 0 Å². The lowest BCUT2D eigenvalue weighted by Crippen LogP contribution is -2.37. The highest BCUT2D eigenvalue weighted by molar-refractivity contribution is 6.05. The molecule has 2 N–H and O–H groups in total. The molecule has 2 aliphatic rings. The van der Waals surface area contributed by atoms with E-state index in [1.54, 1.807) is 17.2 Å². The summed E-state index contributed by atoms with van der Waals surface area (Å²) in [6.45, 7) is 0.853. The second-order valence-corrected chi connectivity index (χ2v) is 6.38. The smallest absolute Gasteiger partial charge is 0.311 e. The maximum atomic E-state index is 12.8. The molecule has 2 heterocycles. The molecule has 0 radical (unpaired) electrons. The van der Waals surface area contributed by atoms with Crippen LogP contribution in [0.1, 0.15) is 29.6 Å². The number of carbonyl (C=O) groups excluding carboxylic acids is 1.